The fourth-order valence-electron chi connectivity index (χ4n) is 2.30. The highest BCUT2D eigenvalue weighted by atomic mass is 32.1. The normalized spacial score (nSPS) is 13.6. The van der Waals surface area contributed by atoms with Crippen molar-refractivity contribution < 1.29 is 19.4 Å². The van der Waals surface area contributed by atoms with E-state index in [9.17, 15) is 14.7 Å². The van der Waals surface area contributed by atoms with Crippen LogP contribution in [-0.4, -0.2) is 40.2 Å². The summed E-state index contributed by atoms with van der Waals surface area (Å²) in [5.41, 5.74) is 0.688. The third-order valence-electron chi connectivity index (χ3n) is 3.87. The molecule has 8 heteroatoms. The van der Waals surface area contributed by atoms with Gasteiger partial charge in [0.25, 0.3) is 0 Å². The van der Waals surface area contributed by atoms with Crippen molar-refractivity contribution in [1.82, 2.24) is 9.97 Å². The second kappa shape index (κ2) is 6.91. The molecule has 124 valence electrons. The standard InChI is InChI=1S/C15H19N3O4S/c1-5-7(2)10(14(19)20)18-12-9-8(3)11(15(21)22-4)23-13(9)17-6-16-12/h6-7,10H,5H2,1-4H3,(H,19,20)(H,16,17,18). The maximum atomic E-state index is 11.8. The molecule has 0 aliphatic carbocycles. The molecule has 0 bridgehead atoms. The number of anilines is 1. The second-order valence-electron chi connectivity index (χ2n) is 5.30. The number of rotatable bonds is 6. The number of aromatic nitrogens is 2. The Labute approximate surface area is 137 Å². The van der Waals surface area contributed by atoms with Gasteiger partial charge >= 0.3 is 11.9 Å². The Morgan fingerprint density at radius 2 is 2.13 bits per heavy atom. The summed E-state index contributed by atoms with van der Waals surface area (Å²) in [5.74, 6) is -1.02. The van der Waals surface area contributed by atoms with Crippen molar-refractivity contribution in [2.45, 2.75) is 33.2 Å². The number of hydrogen-bond acceptors (Lipinski definition) is 7. The molecule has 2 rings (SSSR count). The molecule has 0 amide bonds. The number of nitrogens with one attached hydrogen (secondary N) is 1. The van der Waals surface area contributed by atoms with Gasteiger partial charge in [0.05, 0.1) is 12.5 Å². The van der Waals surface area contributed by atoms with E-state index in [1.807, 2.05) is 13.8 Å². The molecule has 2 heterocycles. The first kappa shape index (κ1) is 17.1. The fraction of sp³-hybridized carbons (Fsp3) is 0.467. The number of thiophene rings is 1. The number of nitrogens with zero attached hydrogens (tertiary/aromatic N) is 2. The summed E-state index contributed by atoms with van der Waals surface area (Å²) in [6, 6.07) is -0.765. The van der Waals surface area contributed by atoms with Gasteiger partial charge in [0, 0.05) is 0 Å². The number of methoxy groups -OCH3 is 1. The molecule has 0 saturated heterocycles. The lowest BCUT2D eigenvalue weighted by molar-refractivity contribution is -0.139. The molecule has 0 fully saturated rings. The van der Waals surface area contributed by atoms with Crippen molar-refractivity contribution >= 4 is 39.3 Å². The van der Waals surface area contributed by atoms with E-state index in [1.54, 1.807) is 6.92 Å². The lowest BCUT2D eigenvalue weighted by Gasteiger charge is -2.21. The average Bonchev–Trinajstić information content (AvgIpc) is 2.88. The number of ether oxygens (including phenoxy) is 1. The fourth-order valence-corrected chi connectivity index (χ4v) is 3.37. The lowest BCUT2D eigenvalue weighted by Crippen LogP contribution is -2.35. The monoisotopic (exact) mass is 337 g/mol. The number of aryl methyl sites for hydroxylation is 1. The van der Waals surface area contributed by atoms with E-state index < -0.39 is 18.0 Å². The number of carbonyl (C=O) groups excluding carboxylic acids is 1. The number of esters is 1. The first-order valence-corrected chi connectivity index (χ1v) is 8.04. The Morgan fingerprint density at radius 1 is 1.43 bits per heavy atom. The average molecular weight is 337 g/mol. The smallest absolute Gasteiger partial charge is 0.348 e. The molecule has 0 aromatic carbocycles. The Bertz CT molecular complexity index is 744. The number of carboxylic acids is 1. The number of carboxylic acid groups (broad SMARTS) is 1. The predicted octanol–water partition coefficient (Wildman–Crippen LogP) is 2.70. The summed E-state index contributed by atoms with van der Waals surface area (Å²) in [6.45, 7) is 5.58. The van der Waals surface area contributed by atoms with Gasteiger partial charge in [-0.15, -0.1) is 11.3 Å². The van der Waals surface area contributed by atoms with E-state index in [2.05, 4.69) is 15.3 Å². The van der Waals surface area contributed by atoms with Gasteiger partial charge in [-0.05, 0) is 18.4 Å². The molecule has 0 radical (unpaired) electrons. The van der Waals surface area contributed by atoms with Gasteiger partial charge in [0.2, 0.25) is 0 Å². The third kappa shape index (κ3) is 3.26. The third-order valence-corrected chi connectivity index (χ3v) is 5.05. The Balaban J connectivity index is 2.51. The van der Waals surface area contributed by atoms with Gasteiger partial charge in [-0.2, -0.15) is 0 Å². The zero-order valence-electron chi connectivity index (χ0n) is 13.4. The molecule has 0 spiro atoms. The van der Waals surface area contributed by atoms with Gasteiger partial charge < -0.3 is 15.2 Å². The van der Waals surface area contributed by atoms with Crippen LogP contribution >= 0.6 is 11.3 Å². The summed E-state index contributed by atoms with van der Waals surface area (Å²) in [7, 11) is 1.32. The topological polar surface area (TPSA) is 101 Å². The van der Waals surface area contributed by atoms with E-state index in [1.165, 1.54) is 24.8 Å². The first-order chi connectivity index (χ1) is 10.9. The summed E-state index contributed by atoms with van der Waals surface area (Å²) in [4.78, 5) is 32.7. The molecule has 0 saturated carbocycles. The predicted molar refractivity (Wildman–Crippen MR) is 88.0 cm³/mol. The lowest BCUT2D eigenvalue weighted by atomic mass is 9.99. The van der Waals surface area contributed by atoms with E-state index in [-0.39, 0.29) is 5.92 Å². The maximum Gasteiger partial charge on any atom is 0.348 e. The van der Waals surface area contributed by atoms with Gasteiger partial charge in [0.1, 0.15) is 27.9 Å². The molecule has 2 N–H and O–H groups in total. The molecule has 2 unspecified atom stereocenters. The highest BCUT2D eigenvalue weighted by molar-refractivity contribution is 7.20. The summed E-state index contributed by atoms with van der Waals surface area (Å²) in [5, 5.41) is 13.1. The molecule has 2 atom stereocenters. The minimum atomic E-state index is -0.938. The van der Waals surface area contributed by atoms with Gasteiger partial charge in [-0.3, -0.25) is 0 Å². The van der Waals surface area contributed by atoms with Crippen LogP contribution in [0.25, 0.3) is 10.2 Å². The Hall–Kier alpha value is -2.22. The van der Waals surface area contributed by atoms with Crippen molar-refractivity contribution in [2.75, 3.05) is 12.4 Å². The molecule has 2 aromatic rings. The quantitative estimate of drug-likeness (QED) is 0.781. The van der Waals surface area contributed by atoms with Crippen LogP contribution in [0.3, 0.4) is 0 Å². The molecular formula is C15H19N3O4S. The SMILES string of the molecule is CCC(C)C(Nc1ncnc2sc(C(=O)OC)c(C)c12)C(=O)O. The van der Waals surface area contributed by atoms with Crippen LogP contribution < -0.4 is 5.32 Å². The van der Waals surface area contributed by atoms with Crippen LogP contribution in [0.4, 0.5) is 5.82 Å². The van der Waals surface area contributed by atoms with Crippen molar-refractivity contribution in [3.63, 3.8) is 0 Å². The van der Waals surface area contributed by atoms with E-state index >= 15 is 0 Å². The van der Waals surface area contributed by atoms with E-state index in [4.69, 9.17) is 4.74 Å². The van der Waals surface area contributed by atoms with Crippen molar-refractivity contribution in [2.24, 2.45) is 5.92 Å². The molecule has 0 aliphatic rings. The van der Waals surface area contributed by atoms with Crippen LogP contribution in [0.2, 0.25) is 0 Å². The number of aliphatic carboxylic acids is 1. The molecule has 7 nitrogen and oxygen atoms in total. The zero-order chi connectivity index (χ0) is 17.1. The van der Waals surface area contributed by atoms with Crippen LogP contribution in [0, 0.1) is 12.8 Å². The molecule has 0 aliphatic heterocycles. The Kier molecular flexibility index (Phi) is 5.15. The molecule has 23 heavy (non-hydrogen) atoms. The number of hydrogen-bond donors (Lipinski definition) is 2. The molecular weight excluding hydrogens is 318 g/mol. The van der Waals surface area contributed by atoms with Crippen molar-refractivity contribution in [3.05, 3.63) is 16.8 Å². The largest absolute Gasteiger partial charge is 0.480 e. The molecule has 2 aromatic heterocycles. The van der Waals surface area contributed by atoms with Crippen LogP contribution in [0.15, 0.2) is 6.33 Å². The summed E-state index contributed by atoms with van der Waals surface area (Å²) >= 11 is 1.21. The van der Waals surface area contributed by atoms with Gasteiger partial charge in [-0.25, -0.2) is 19.6 Å². The highest BCUT2D eigenvalue weighted by Crippen LogP contribution is 2.34. The van der Waals surface area contributed by atoms with Crippen LogP contribution in [0.1, 0.15) is 35.5 Å². The van der Waals surface area contributed by atoms with Crippen LogP contribution in [0.5, 0.6) is 0 Å². The first-order valence-electron chi connectivity index (χ1n) is 7.22. The second-order valence-corrected chi connectivity index (χ2v) is 6.30. The maximum absolute atomic E-state index is 11.8. The minimum absolute atomic E-state index is 0.0727. The van der Waals surface area contributed by atoms with E-state index in [0.717, 1.165) is 0 Å². The minimum Gasteiger partial charge on any atom is -0.480 e. The van der Waals surface area contributed by atoms with E-state index in [0.29, 0.717) is 32.9 Å². The number of carbonyl (C=O) groups is 2. The van der Waals surface area contributed by atoms with Crippen LogP contribution in [-0.2, 0) is 9.53 Å². The van der Waals surface area contributed by atoms with Crippen molar-refractivity contribution in [3.8, 4) is 0 Å². The number of fused-ring (bicyclic) bond motifs is 1. The van der Waals surface area contributed by atoms with Gasteiger partial charge in [-0.1, -0.05) is 20.3 Å². The summed E-state index contributed by atoms with van der Waals surface area (Å²) < 4.78 is 4.77. The Morgan fingerprint density at radius 3 is 2.70 bits per heavy atom. The van der Waals surface area contributed by atoms with Crippen molar-refractivity contribution in [1.29, 1.82) is 0 Å². The summed E-state index contributed by atoms with van der Waals surface area (Å²) in [6.07, 6.45) is 2.07. The van der Waals surface area contributed by atoms with Gasteiger partial charge in [0.15, 0.2) is 0 Å². The zero-order valence-corrected chi connectivity index (χ0v) is 14.2. The highest BCUT2D eigenvalue weighted by Gasteiger charge is 2.26.